The van der Waals surface area contributed by atoms with Gasteiger partial charge in [-0.05, 0) is 50.2 Å². The largest absolute Gasteiger partial charge is 0.482 e. The Morgan fingerprint density at radius 1 is 1.00 bits per heavy atom. The topological polar surface area (TPSA) is 140 Å². The van der Waals surface area contributed by atoms with Gasteiger partial charge in [-0.2, -0.15) is 4.72 Å². The average Bonchev–Trinajstić information content (AvgIpc) is 2.72. The molecule has 0 aliphatic rings. The van der Waals surface area contributed by atoms with E-state index in [0.29, 0.717) is 17.1 Å². The second kappa shape index (κ2) is 11.3. The number of carbonyl (C=O) groups excluding carboxylic acids is 3. The molecular formula is C21H25N3O7S. The van der Waals surface area contributed by atoms with Crippen LogP contribution in [0.25, 0.3) is 0 Å². The Morgan fingerprint density at radius 3 is 2.31 bits per heavy atom. The van der Waals surface area contributed by atoms with Gasteiger partial charge in [0.2, 0.25) is 21.8 Å². The van der Waals surface area contributed by atoms with E-state index in [4.69, 9.17) is 9.47 Å². The number of nitrogens with one attached hydrogen (secondary N) is 3. The highest BCUT2D eigenvalue weighted by atomic mass is 32.2. The van der Waals surface area contributed by atoms with Gasteiger partial charge in [0.15, 0.2) is 6.61 Å². The summed E-state index contributed by atoms with van der Waals surface area (Å²) >= 11 is 0. The Morgan fingerprint density at radius 2 is 1.69 bits per heavy atom. The number of amides is 2. The third-order valence-corrected chi connectivity index (χ3v) is 5.53. The summed E-state index contributed by atoms with van der Waals surface area (Å²) in [6.45, 7) is 4.40. The number of benzene rings is 2. The first-order chi connectivity index (χ1) is 15.1. The second-order valence-corrected chi connectivity index (χ2v) is 8.37. The van der Waals surface area contributed by atoms with Crippen molar-refractivity contribution < 1.29 is 32.3 Å². The zero-order valence-electron chi connectivity index (χ0n) is 17.9. The van der Waals surface area contributed by atoms with E-state index in [-0.39, 0.29) is 24.0 Å². The van der Waals surface area contributed by atoms with Crippen LogP contribution in [0.2, 0.25) is 0 Å². The van der Waals surface area contributed by atoms with Crippen molar-refractivity contribution in [3.63, 3.8) is 0 Å². The third-order valence-electron chi connectivity index (χ3n) is 3.97. The first kappa shape index (κ1) is 24.8. The molecule has 32 heavy (non-hydrogen) atoms. The van der Waals surface area contributed by atoms with Crippen LogP contribution in [0.4, 0.5) is 11.4 Å². The molecule has 0 aliphatic carbocycles. The molecule has 2 aromatic carbocycles. The van der Waals surface area contributed by atoms with Crippen molar-refractivity contribution in [2.45, 2.75) is 31.7 Å². The van der Waals surface area contributed by atoms with Gasteiger partial charge in [0.05, 0.1) is 17.5 Å². The first-order valence-electron chi connectivity index (χ1n) is 9.70. The predicted octanol–water partition coefficient (Wildman–Crippen LogP) is 1.89. The second-order valence-electron chi connectivity index (χ2n) is 6.66. The Bertz CT molecular complexity index is 1070. The van der Waals surface area contributed by atoms with Gasteiger partial charge in [-0.25, -0.2) is 13.2 Å². The van der Waals surface area contributed by atoms with Crippen LogP contribution in [0.3, 0.4) is 0 Å². The van der Waals surface area contributed by atoms with E-state index in [1.54, 1.807) is 25.1 Å². The van der Waals surface area contributed by atoms with Crippen LogP contribution in [-0.4, -0.2) is 45.5 Å². The van der Waals surface area contributed by atoms with Crippen LogP contribution in [0.5, 0.6) is 5.75 Å². The van der Waals surface area contributed by atoms with E-state index in [1.165, 1.54) is 44.2 Å². The lowest BCUT2D eigenvalue weighted by molar-refractivity contribution is -0.145. The van der Waals surface area contributed by atoms with Gasteiger partial charge in [0, 0.05) is 24.4 Å². The van der Waals surface area contributed by atoms with Crippen molar-refractivity contribution in [1.82, 2.24) is 4.72 Å². The molecule has 0 spiro atoms. The van der Waals surface area contributed by atoms with E-state index < -0.39 is 27.9 Å². The minimum Gasteiger partial charge on any atom is -0.482 e. The Labute approximate surface area is 186 Å². The van der Waals surface area contributed by atoms with Gasteiger partial charge in [0.1, 0.15) is 5.75 Å². The maximum absolute atomic E-state index is 12.5. The fourth-order valence-corrected chi connectivity index (χ4v) is 3.74. The van der Waals surface area contributed by atoms with Crippen LogP contribution < -0.4 is 20.1 Å². The van der Waals surface area contributed by atoms with Crippen molar-refractivity contribution in [3.05, 3.63) is 48.5 Å². The van der Waals surface area contributed by atoms with Crippen molar-refractivity contribution >= 4 is 39.2 Å². The smallest absolute Gasteiger partial charge is 0.344 e. The van der Waals surface area contributed by atoms with Crippen LogP contribution in [0.15, 0.2) is 53.4 Å². The maximum atomic E-state index is 12.5. The number of hydrogen-bond acceptors (Lipinski definition) is 7. The van der Waals surface area contributed by atoms with E-state index in [0.717, 1.165) is 0 Å². The van der Waals surface area contributed by atoms with E-state index >= 15 is 0 Å². The molecule has 11 heteroatoms. The standard InChI is InChI=1S/C21H25N3O7S/c1-4-30-20(26)13-31-18-7-5-6-17(12-18)23-21(27)14(2)24-32(28,29)19-10-8-16(9-11-19)22-15(3)25/h5-12,14,24H,4,13H2,1-3H3,(H,22,25)(H,23,27)/t14-/m0/s1. The van der Waals surface area contributed by atoms with Crippen molar-refractivity contribution in [1.29, 1.82) is 0 Å². The number of esters is 1. The minimum atomic E-state index is -3.97. The molecule has 0 unspecified atom stereocenters. The van der Waals surface area contributed by atoms with Gasteiger partial charge in [0.25, 0.3) is 0 Å². The molecule has 0 radical (unpaired) electrons. The lowest BCUT2D eigenvalue weighted by Crippen LogP contribution is -2.41. The highest BCUT2D eigenvalue weighted by Crippen LogP contribution is 2.18. The molecule has 0 aliphatic heterocycles. The average molecular weight is 464 g/mol. The number of sulfonamides is 1. The molecule has 0 aromatic heterocycles. The summed E-state index contributed by atoms with van der Waals surface area (Å²) in [7, 11) is -3.97. The molecule has 0 saturated carbocycles. The van der Waals surface area contributed by atoms with Crippen LogP contribution >= 0.6 is 0 Å². The number of rotatable bonds is 10. The Balaban J connectivity index is 1.98. The summed E-state index contributed by atoms with van der Waals surface area (Å²) in [4.78, 5) is 34.9. The number of ether oxygens (including phenoxy) is 2. The summed E-state index contributed by atoms with van der Waals surface area (Å²) in [5, 5.41) is 5.13. The van der Waals surface area contributed by atoms with E-state index in [1.807, 2.05) is 0 Å². The van der Waals surface area contributed by atoms with Gasteiger partial charge in [-0.1, -0.05) is 6.07 Å². The van der Waals surface area contributed by atoms with Crippen LogP contribution in [-0.2, 0) is 29.1 Å². The summed E-state index contributed by atoms with van der Waals surface area (Å²) < 4.78 is 37.5. The zero-order chi connectivity index (χ0) is 23.7. The molecule has 2 rings (SSSR count). The number of anilines is 2. The van der Waals surface area contributed by atoms with Gasteiger partial charge in [-0.15, -0.1) is 0 Å². The minimum absolute atomic E-state index is 0.0550. The van der Waals surface area contributed by atoms with Crippen molar-refractivity contribution in [2.75, 3.05) is 23.8 Å². The summed E-state index contributed by atoms with van der Waals surface area (Å²) in [5.74, 6) is -1.05. The fraction of sp³-hybridized carbons (Fsp3) is 0.286. The Hall–Kier alpha value is -3.44. The van der Waals surface area contributed by atoms with Gasteiger partial charge >= 0.3 is 5.97 Å². The quantitative estimate of drug-likeness (QED) is 0.457. The SMILES string of the molecule is CCOC(=O)COc1cccc(NC(=O)[C@H](C)NS(=O)(=O)c2ccc(NC(C)=O)cc2)c1. The molecule has 2 aromatic rings. The van der Waals surface area contributed by atoms with E-state index in [9.17, 15) is 22.8 Å². The van der Waals surface area contributed by atoms with Crippen LogP contribution in [0, 0.1) is 0 Å². The molecule has 0 heterocycles. The lowest BCUT2D eigenvalue weighted by atomic mass is 10.2. The molecule has 0 bridgehead atoms. The Kier molecular flexibility index (Phi) is 8.73. The van der Waals surface area contributed by atoms with Crippen LogP contribution in [0.1, 0.15) is 20.8 Å². The molecule has 0 saturated heterocycles. The number of hydrogen-bond donors (Lipinski definition) is 3. The molecule has 172 valence electrons. The van der Waals surface area contributed by atoms with Gasteiger partial charge in [-0.3, -0.25) is 9.59 Å². The fourth-order valence-electron chi connectivity index (χ4n) is 2.53. The third kappa shape index (κ3) is 7.67. The molecule has 0 fully saturated rings. The summed E-state index contributed by atoms with van der Waals surface area (Å²) in [6.07, 6.45) is 0. The highest BCUT2D eigenvalue weighted by Gasteiger charge is 2.22. The first-order valence-corrected chi connectivity index (χ1v) is 11.2. The number of carbonyl (C=O) groups is 3. The lowest BCUT2D eigenvalue weighted by Gasteiger charge is -2.15. The molecule has 3 N–H and O–H groups in total. The maximum Gasteiger partial charge on any atom is 0.344 e. The molecule has 1 atom stereocenters. The van der Waals surface area contributed by atoms with Gasteiger partial charge < -0.3 is 20.1 Å². The monoisotopic (exact) mass is 463 g/mol. The van der Waals surface area contributed by atoms with Crippen molar-refractivity contribution in [3.8, 4) is 5.75 Å². The molecular weight excluding hydrogens is 438 g/mol. The normalized spacial score (nSPS) is 11.8. The molecule has 2 amide bonds. The molecule has 10 nitrogen and oxygen atoms in total. The summed E-state index contributed by atoms with van der Waals surface area (Å²) in [6, 6.07) is 10.8. The summed E-state index contributed by atoms with van der Waals surface area (Å²) in [5.41, 5.74) is 0.814. The van der Waals surface area contributed by atoms with E-state index in [2.05, 4.69) is 15.4 Å². The predicted molar refractivity (Wildman–Crippen MR) is 118 cm³/mol. The zero-order valence-corrected chi connectivity index (χ0v) is 18.7. The van der Waals surface area contributed by atoms with Crippen molar-refractivity contribution in [2.24, 2.45) is 0 Å². The highest BCUT2D eigenvalue weighted by molar-refractivity contribution is 7.89.